The first-order valence-electron chi connectivity index (χ1n) is 7.78. The minimum Gasteiger partial charge on any atom is -0.480 e. The van der Waals surface area contributed by atoms with Gasteiger partial charge in [-0.1, -0.05) is 0 Å². The Labute approximate surface area is 149 Å². The third-order valence-electron chi connectivity index (χ3n) is 4.12. The minimum atomic E-state index is -1.56. The number of aromatic amines is 1. The minimum absolute atomic E-state index is 0.157. The lowest BCUT2D eigenvalue weighted by Crippen LogP contribution is -2.36. The molecule has 14 heteroatoms. The van der Waals surface area contributed by atoms with Gasteiger partial charge in [0.15, 0.2) is 17.4 Å². The molecular formula is C13H18N6O8. The molecule has 1 saturated heterocycles. The standard InChI is InChI=1S/C13H18N6O8/c14-12-17-8-5(9(24)18-12)16-13(15-3(1-20)11(25)26)19(8)10-7(23)6(22)4(2-21)27-10/h3-4,6-7,10,20-23H,1-2H2,(H,15,16)(H,25,26)(H3,14,17,18,24)/t3-,4+,6+,7+,10+/m0/s1. The number of H-pyrrole nitrogens is 1. The van der Waals surface area contributed by atoms with E-state index >= 15 is 0 Å². The SMILES string of the molecule is Nc1nc2c(nc(N[C@@H](CO)C(=O)O)n2[C@@H]2O[C@H](CO)[C@@H](O)[C@H]2O)c(=O)[nH]1. The summed E-state index contributed by atoms with van der Waals surface area (Å²) in [6, 6.07) is -1.49. The number of aliphatic hydroxyl groups is 4. The summed E-state index contributed by atoms with van der Waals surface area (Å²) in [6.45, 7) is -1.41. The summed E-state index contributed by atoms with van der Waals surface area (Å²) in [6.07, 6.45) is -5.52. The number of carbonyl (C=O) groups is 1. The summed E-state index contributed by atoms with van der Waals surface area (Å²) in [5.74, 6) is -1.95. The summed E-state index contributed by atoms with van der Waals surface area (Å²) < 4.78 is 6.45. The Morgan fingerprint density at radius 2 is 2.04 bits per heavy atom. The number of carboxylic acid groups (broad SMARTS) is 1. The number of nitrogens with zero attached hydrogens (tertiary/aromatic N) is 3. The number of aliphatic carboxylic acids is 1. The molecule has 1 aliphatic rings. The zero-order valence-corrected chi connectivity index (χ0v) is 13.7. The lowest BCUT2D eigenvalue weighted by molar-refractivity contribution is -0.138. The van der Waals surface area contributed by atoms with Crippen LogP contribution in [0.4, 0.5) is 11.9 Å². The molecule has 3 rings (SSSR count). The number of anilines is 2. The first kappa shape index (κ1) is 19.0. The maximum atomic E-state index is 12.1. The number of nitrogen functional groups attached to an aromatic ring is 1. The Balaban J connectivity index is 2.17. The van der Waals surface area contributed by atoms with E-state index in [-0.39, 0.29) is 23.1 Å². The molecule has 9 N–H and O–H groups in total. The summed E-state index contributed by atoms with van der Waals surface area (Å²) in [5, 5.41) is 50.3. The van der Waals surface area contributed by atoms with Crippen LogP contribution in [0.2, 0.25) is 0 Å². The summed E-state index contributed by atoms with van der Waals surface area (Å²) in [4.78, 5) is 33.4. The number of aromatic nitrogens is 4. The number of carboxylic acids is 1. The van der Waals surface area contributed by atoms with Crippen LogP contribution in [0.5, 0.6) is 0 Å². The number of aliphatic hydroxyl groups excluding tert-OH is 4. The maximum absolute atomic E-state index is 12.1. The third-order valence-corrected chi connectivity index (χ3v) is 4.12. The van der Waals surface area contributed by atoms with E-state index < -0.39 is 55.3 Å². The van der Waals surface area contributed by atoms with Gasteiger partial charge >= 0.3 is 5.97 Å². The van der Waals surface area contributed by atoms with Gasteiger partial charge in [-0.3, -0.25) is 14.3 Å². The molecule has 5 atom stereocenters. The van der Waals surface area contributed by atoms with Crippen molar-refractivity contribution in [2.45, 2.75) is 30.6 Å². The second-order valence-electron chi connectivity index (χ2n) is 5.88. The van der Waals surface area contributed by atoms with Crippen LogP contribution in [0.25, 0.3) is 11.2 Å². The highest BCUT2D eigenvalue weighted by atomic mass is 16.6. The van der Waals surface area contributed by atoms with Crippen LogP contribution in [0.15, 0.2) is 4.79 Å². The predicted molar refractivity (Wildman–Crippen MR) is 87.7 cm³/mol. The number of nitrogens with two attached hydrogens (primary N) is 1. The van der Waals surface area contributed by atoms with Gasteiger partial charge in [-0.2, -0.15) is 4.98 Å². The molecule has 0 aliphatic carbocycles. The Bertz CT molecular complexity index is 912. The van der Waals surface area contributed by atoms with Crippen LogP contribution in [0.3, 0.4) is 0 Å². The van der Waals surface area contributed by atoms with E-state index in [0.717, 1.165) is 4.57 Å². The molecule has 1 aliphatic heterocycles. The average molecular weight is 386 g/mol. The normalized spacial score (nSPS) is 26.4. The number of ether oxygens (including phenoxy) is 1. The fourth-order valence-electron chi connectivity index (χ4n) is 2.78. The molecule has 27 heavy (non-hydrogen) atoms. The van der Waals surface area contributed by atoms with E-state index in [9.17, 15) is 30.0 Å². The molecule has 2 aromatic heterocycles. The quantitative estimate of drug-likeness (QED) is 0.239. The summed E-state index contributed by atoms with van der Waals surface area (Å²) in [5.41, 5.74) is 4.40. The van der Waals surface area contributed by atoms with Crippen LogP contribution in [-0.4, -0.2) is 88.6 Å². The molecule has 3 heterocycles. The van der Waals surface area contributed by atoms with Gasteiger partial charge in [-0.15, -0.1) is 0 Å². The van der Waals surface area contributed by atoms with Gasteiger partial charge in [0.2, 0.25) is 11.9 Å². The molecular weight excluding hydrogens is 368 g/mol. The first-order valence-corrected chi connectivity index (χ1v) is 7.78. The van der Waals surface area contributed by atoms with Crippen LogP contribution < -0.4 is 16.6 Å². The molecule has 0 bridgehead atoms. The maximum Gasteiger partial charge on any atom is 0.328 e. The molecule has 2 aromatic rings. The van der Waals surface area contributed by atoms with E-state index in [2.05, 4.69) is 20.3 Å². The highest BCUT2D eigenvalue weighted by Gasteiger charge is 2.45. The lowest BCUT2D eigenvalue weighted by atomic mass is 10.1. The fourth-order valence-corrected chi connectivity index (χ4v) is 2.78. The van der Waals surface area contributed by atoms with Crippen molar-refractivity contribution >= 4 is 29.0 Å². The van der Waals surface area contributed by atoms with Crippen LogP contribution in [-0.2, 0) is 9.53 Å². The van der Waals surface area contributed by atoms with Gasteiger partial charge in [0.05, 0.1) is 13.2 Å². The van der Waals surface area contributed by atoms with E-state index in [1.807, 2.05) is 0 Å². The van der Waals surface area contributed by atoms with Crippen LogP contribution >= 0.6 is 0 Å². The van der Waals surface area contributed by atoms with Crippen LogP contribution in [0, 0.1) is 0 Å². The first-order chi connectivity index (χ1) is 12.8. The van der Waals surface area contributed by atoms with Crippen molar-refractivity contribution in [2.24, 2.45) is 0 Å². The van der Waals surface area contributed by atoms with Crippen molar-refractivity contribution < 1.29 is 35.1 Å². The number of rotatable bonds is 6. The molecule has 0 spiro atoms. The number of imidazole rings is 1. The van der Waals surface area contributed by atoms with Gasteiger partial charge in [-0.05, 0) is 0 Å². The van der Waals surface area contributed by atoms with Crippen molar-refractivity contribution in [3.63, 3.8) is 0 Å². The number of hydrogen-bond donors (Lipinski definition) is 8. The summed E-state index contributed by atoms with van der Waals surface area (Å²) in [7, 11) is 0. The fraction of sp³-hybridized carbons (Fsp3) is 0.538. The van der Waals surface area contributed by atoms with Crippen molar-refractivity contribution in [3.05, 3.63) is 10.4 Å². The molecule has 0 amide bonds. The Morgan fingerprint density at radius 3 is 2.59 bits per heavy atom. The van der Waals surface area contributed by atoms with E-state index in [4.69, 9.17) is 15.6 Å². The predicted octanol–water partition coefficient (Wildman–Crippen LogP) is -3.83. The number of nitrogens with one attached hydrogen (secondary N) is 2. The molecule has 0 aromatic carbocycles. The van der Waals surface area contributed by atoms with Gasteiger partial charge in [0.25, 0.3) is 5.56 Å². The lowest BCUT2D eigenvalue weighted by Gasteiger charge is -2.21. The van der Waals surface area contributed by atoms with E-state index in [0.29, 0.717) is 0 Å². The van der Waals surface area contributed by atoms with E-state index in [1.54, 1.807) is 0 Å². The summed E-state index contributed by atoms with van der Waals surface area (Å²) >= 11 is 0. The van der Waals surface area contributed by atoms with Crippen molar-refractivity contribution in [2.75, 3.05) is 24.3 Å². The topological polar surface area (TPSA) is 229 Å². The molecule has 0 unspecified atom stereocenters. The molecule has 0 saturated carbocycles. The highest BCUT2D eigenvalue weighted by Crippen LogP contribution is 2.34. The Kier molecular flexibility index (Phi) is 4.99. The van der Waals surface area contributed by atoms with Crippen LogP contribution in [0.1, 0.15) is 6.23 Å². The van der Waals surface area contributed by atoms with Gasteiger partial charge in [0.1, 0.15) is 24.4 Å². The Hall–Kier alpha value is -2.78. The number of hydrogen-bond acceptors (Lipinski definition) is 11. The average Bonchev–Trinajstić information content (AvgIpc) is 3.10. The Morgan fingerprint density at radius 1 is 1.33 bits per heavy atom. The second kappa shape index (κ2) is 7.09. The van der Waals surface area contributed by atoms with Crippen molar-refractivity contribution in [1.29, 1.82) is 0 Å². The van der Waals surface area contributed by atoms with Crippen molar-refractivity contribution in [1.82, 2.24) is 19.5 Å². The van der Waals surface area contributed by atoms with Gasteiger partial charge in [-0.25, -0.2) is 9.78 Å². The van der Waals surface area contributed by atoms with Crippen molar-refractivity contribution in [3.8, 4) is 0 Å². The highest BCUT2D eigenvalue weighted by molar-refractivity contribution is 5.79. The largest absolute Gasteiger partial charge is 0.480 e. The second-order valence-corrected chi connectivity index (χ2v) is 5.88. The molecule has 14 nitrogen and oxygen atoms in total. The monoisotopic (exact) mass is 386 g/mol. The zero-order chi connectivity index (χ0) is 19.9. The van der Waals surface area contributed by atoms with Gasteiger partial charge < -0.3 is 41.3 Å². The zero-order valence-electron chi connectivity index (χ0n) is 13.7. The molecule has 1 fully saturated rings. The van der Waals surface area contributed by atoms with Gasteiger partial charge in [0, 0.05) is 0 Å². The number of fused-ring (bicyclic) bond motifs is 1. The molecule has 0 radical (unpaired) electrons. The van der Waals surface area contributed by atoms with E-state index in [1.165, 1.54) is 0 Å². The third kappa shape index (κ3) is 3.19. The smallest absolute Gasteiger partial charge is 0.328 e. The molecule has 148 valence electrons.